The number of halogens is 4. The van der Waals surface area contributed by atoms with Gasteiger partial charge in [-0.05, 0) is 25.3 Å². The van der Waals surface area contributed by atoms with Crippen molar-refractivity contribution in [3.05, 3.63) is 22.8 Å². The number of nitrogens with zero attached hydrogens (tertiary/aromatic N) is 2. The van der Waals surface area contributed by atoms with Gasteiger partial charge in [0.25, 0.3) is 0 Å². The Labute approximate surface area is 123 Å². The first-order chi connectivity index (χ1) is 9.89. The van der Waals surface area contributed by atoms with Crippen LogP contribution in [0.5, 0.6) is 0 Å². The SMILES string of the molecule is Nc1c(Cl)c(C(F)(F)F)cc2c1cnn2C1CCCCO1. The van der Waals surface area contributed by atoms with E-state index >= 15 is 0 Å². The Hall–Kier alpha value is -1.47. The molecule has 2 aromatic rings. The molecule has 8 heteroatoms. The van der Waals surface area contributed by atoms with Crippen LogP contribution in [-0.4, -0.2) is 16.4 Å². The van der Waals surface area contributed by atoms with Crippen LogP contribution >= 0.6 is 11.6 Å². The van der Waals surface area contributed by atoms with Crippen LogP contribution in [0.4, 0.5) is 18.9 Å². The fourth-order valence-electron chi connectivity index (χ4n) is 2.54. The molecule has 1 saturated heterocycles. The normalized spacial score (nSPS) is 20.1. The molecule has 0 amide bonds. The van der Waals surface area contributed by atoms with Crippen LogP contribution in [0.3, 0.4) is 0 Å². The molecule has 114 valence electrons. The molecule has 1 aliphatic heterocycles. The number of anilines is 1. The highest BCUT2D eigenvalue weighted by Gasteiger charge is 2.35. The predicted molar refractivity (Wildman–Crippen MR) is 73.0 cm³/mol. The zero-order chi connectivity index (χ0) is 15.2. The Morgan fingerprint density at radius 2 is 2.14 bits per heavy atom. The first kappa shape index (κ1) is 14.5. The third kappa shape index (κ3) is 2.44. The van der Waals surface area contributed by atoms with E-state index < -0.39 is 16.8 Å². The maximum Gasteiger partial charge on any atom is 0.417 e. The molecule has 4 nitrogen and oxygen atoms in total. The molecule has 1 atom stereocenters. The van der Waals surface area contributed by atoms with Crippen molar-refractivity contribution in [1.29, 1.82) is 0 Å². The second-order valence-electron chi connectivity index (χ2n) is 4.99. The molecule has 2 heterocycles. The third-order valence-corrected chi connectivity index (χ3v) is 4.02. The van der Waals surface area contributed by atoms with Crippen molar-refractivity contribution in [2.24, 2.45) is 0 Å². The maximum absolute atomic E-state index is 13.0. The lowest BCUT2D eigenvalue weighted by molar-refractivity contribution is -0.137. The number of hydrogen-bond acceptors (Lipinski definition) is 3. The summed E-state index contributed by atoms with van der Waals surface area (Å²) in [5.41, 5.74) is 4.96. The predicted octanol–water partition coefficient (Wildman–Crippen LogP) is 3.99. The first-order valence-corrected chi connectivity index (χ1v) is 6.91. The fraction of sp³-hybridized carbons (Fsp3) is 0.462. The number of ether oxygens (including phenoxy) is 1. The van der Waals surface area contributed by atoms with Crippen molar-refractivity contribution in [1.82, 2.24) is 9.78 Å². The first-order valence-electron chi connectivity index (χ1n) is 6.53. The van der Waals surface area contributed by atoms with Gasteiger partial charge >= 0.3 is 6.18 Å². The number of rotatable bonds is 1. The quantitative estimate of drug-likeness (QED) is 0.809. The molecular weight excluding hydrogens is 307 g/mol. The zero-order valence-corrected chi connectivity index (χ0v) is 11.7. The number of nitrogen functional groups attached to an aromatic ring is 1. The van der Waals surface area contributed by atoms with E-state index in [0.717, 1.165) is 18.9 Å². The summed E-state index contributed by atoms with van der Waals surface area (Å²) in [6.45, 7) is 0.571. The van der Waals surface area contributed by atoms with Gasteiger partial charge in [-0.1, -0.05) is 11.6 Å². The topological polar surface area (TPSA) is 53.1 Å². The molecule has 0 aliphatic carbocycles. The van der Waals surface area contributed by atoms with Gasteiger partial charge in [0.05, 0.1) is 28.0 Å². The van der Waals surface area contributed by atoms with E-state index in [9.17, 15) is 13.2 Å². The van der Waals surface area contributed by atoms with Crippen LogP contribution in [0.2, 0.25) is 5.02 Å². The Morgan fingerprint density at radius 1 is 1.38 bits per heavy atom. The monoisotopic (exact) mass is 319 g/mol. The average molecular weight is 320 g/mol. The van der Waals surface area contributed by atoms with Crippen LogP contribution in [0.1, 0.15) is 31.1 Å². The smallest absolute Gasteiger partial charge is 0.397 e. The van der Waals surface area contributed by atoms with E-state index in [-0.39, 0.29) is 17.4 Å². The average Bonchev–Trinajstić information content (AvgIpc) is 2.86. The minimum atomic E-state index is -4.57. The molecule has 0 spiro atoms. The van der Waals surface area contributed by atoms with Gasteiger partial charge in [0.1, 0.15) is 0 Å². The number of hydrogen-bond donors (Lipinski definition) is 1. The lowest BCUT2D eigenvalue weighted by atomic mass is 10.1. The van der Waals surface area contributed by atoms with Gasteiger partial charge in [-0.25, -0.2) is 4.68 Å². The van der Waals surface area contributed by atoms with Crippen molar-refractivity contribution in [2.75, 3.05) is 12.3 Å². The molecule has 0 radical (unpaired) electrons. The van der Waals surface area contributed by atoms with E-state index in [1.165, 1.54) is 10.9 Å². The summed E-state index contributed by atoms with van der Waals surface area (Å²) in [5.74, 6) is 0. The zero-order valence-electron chi connectivity index (χ0n) is 11.0. The van der Waals surface area contributed by atoms with E-state index in [2.05, 4.69) is 5.10 Å². The van der Waals surface area contributed by atoms with Crippen LogP contribution in [-0.2, 0) is 10.9 Å². The summed E-state index contributed by atoms with van der Waals surface area (Å²) >= 11 is 5.74. The van der Waals surface area contributed by atoms with E-state index in [1.807, 2.05) is 0 Å². The molecular formula is C13H13ClF3N3O. The van der Waals surface area contributed by atoms with Gasteiger partial charge in [0, 0.05) is 12.0 Å². The Kier molecular flexibility index (Phi) is 3.49. The third-order valence-electron chi connectivity index (χ3n) is 3.61. The molecule has 3 rings (SSSR count). The number of aromatic nitrogens is 2. The lowest BCUT2D eigenvalue weighted by Gasteiger charge is -2.23. The Morgan fingerprint density at radius 3 is 2.76 bits per heavy atom. The molecule has 2 N–H and O–H groups in total. The van der Waals surface area contributed by atoms with Gasteiger partial charge in [0.2, 0.25) is 0 Å². The van der Waals surface area contributed by atoms with Gasteiger partial charge in [-0.15, -0.1) is 0 Å². The molecule has 1 aromatic heterocycles. The van der Waals surface area contributed by atoms with E-state index in [1.54, 1.807) is 0 Å². The highest BCUT2D eigenvalue weighted by molar-refractivity contribution is 6.35. The highest BCUT2D eigenvalue weighted by Crippen LogP contribution is 2.42. The molecule has 1 aromatic carbocycles. The van der Waals surface area contributed by atoms with E-state index in [4.69, 9.17) is 22.1 Å². The summed E-state index contributed by atoms with van der Waals surface area (Å²) in [6.07, 6.45) is -0.909. The molecule has 1 aliphatic rings. The second kappa shape index (κ2) is 5.06. The minimum Gasteiger partial charge on any atom is -0.397 e. The van der Waals surface area contributed by atoms with Crippen molar-refractivity contribution in [3.8, 4) is 0 Å². The molecule has 1 unspecified atom stereocenters. The van der Waals surface area contributed by atoms with Crippen LogP contribution in [0.25, 0.3) is 10.9 Å². The Bertz CT molecular complexity index is 677. The van der Waals surface area contributed by atoms with Crippen molar-refractivity contribution in [2.45, 2.75) is 31.7 Å². The van der Waals surface area contributed by atoms with Crippen molar-refractivity contribution < 1.29 is 17.9 Å². The number of fused-ring (bicyclic) bond motifs is 1. The summed E-state index contributed by atoms with van der Waals surface area (Å²) in [6, 6.07) is 0.985. The number of benzene rings is 1. The number of alkyl halides is 3. The standard InChI is InChI=1S/C13H13ClF3N3O/c14-11-8(13(15,16)17)5-9-7(12(11)18)6-19-20(9)10-3-1-2-4-21-10/h5-6,10H,1-4,18H2. The molecule has 1 fully saturated rings. The molecule has 0 saturated carbocycles. The summed E-state index contributed by atoms with van der Waals surface area (Å²) in [7, 11) is 0. The van der Waals surface area contributed by atoms with Crippen molar-refractivity contribution in [3.63, 3.8) is 0 Å². The van der Waals surface area contributed by atoms with Crippen LogP contribution < -0.4 is 5.73 Å². The highest BCUT2D eigenvalue weighted by atomic mass is 35.5. The second-order valence-corrected chi connectivity index (χ2v) is 5.37. The minimum absolute atomic E-state index is 0.108. The van der Waals surface area contributed by atoms with Crippen LogP contribution in [0, 0.1) is 0 Å². The number of nitrogens with two attached hydrogens (primary N) is 1. The van der Waals surface area contributed by atoms with Gasteiger partial charge in [-0.2, -0.15) is 18.3 Å². The Balaban J connectivity index is 2.18. The van der Waals surface area contributed by atoms with Crippen LogP contribution in [0.15, 0.2) is 12.3 Å². The van der Waals surface area contributed by atoms with Gasteiger partial charge in [-0.3, -0.25) is 0 Å². The largest absolute Gasteiger partial charge is 0.417 e. The van der Waals surface area contributed by atoms with Gasteiger partial charge < -0.3 is 10.5 Å². The summed E-state index contributed by atoms with van der Waals surface area (Å²) < 4.78 is 46.1. The van der Waals surface area contributed by atoms with E-state index in [0.29, 0.717) is 18.4 Å². The summed E-state index contributed by atoms with van der Waals surface area (Å²) in [4.78, 5) is 0. The lowest BCUT2D eigenvalue weighted by Crippen LogP contribution is -2.19. The van der Waals surface area contributed by atoms with Crippen molar-refractivity contribution >= 4 is 28.2 Å². The molecule has 21 heavy (non-hydrogen) atoms. The summed E-state index contributed by atoms with van der Waals surface area (Å²) in [5, 5.41) is 4.05. The van der Waals surface area contributed by atoms with Gasteiger partial charge in [0.15, 0.2) is 6.23 Å². The molecule has 0 bridgehead atoms. The maximum atomic E-state index is 13.0. The fourth-order valence-corrected chi connectivity index (χ4v) is 2.80.